The summed E-state index contributed by atoms with van der Waals surface area (Å²) in [5.41, 5.74) is 6.54. The molecule has 0 aliphatic carbocycles. The van der Waals surface area contributed by atoms with Crippen LogP contribution in [0.25, 0.3) is 11.2 Å². The summed E-state index contributed by atoms with van der Waals surface area (Å²) in [5.74, 6) is 6.33. The molecule has 1 aromatic carbocycles. The van der Waals surface area contributed by atoms with Gasteiger partial charge in [0.05, 0.1) is 24.7 Å². The molecule has 2 heterocycles. The van der Waals surface area contributed by atoms with E-state index in [9.17, 15) is 14.9 Å². The molecule has 0 fully saturated rings. The molecule has 9 heteroatoms. The summed E-state index contributed by atoms with van der Waals surface area (Å²) in [5, 5.41) is 9.37. The maximum Gasteiger partial charge on any atom is 0.332 e. The normalized spacial score (nSPS) is 11.6. The van der Waals surface area contributed by atoms with Gasteiger partial charge in [0.1, 0.15) is 0 Å². The molecule has 0 saturated heterocycles. The SMILES string of the molecule is CC#CCn1c(N(C)CC(C)N)nc2c1c(=O)n(Cc1ccccc1C#N)c(=O)n2C. The maximum absolute atomic E-state index is 13.5. The van der Waals surface area contributed by atoms with Gasteiger partial charge in [-0.2, -0.15) is 10.2 Å². The number of nitrogens with zero attached hydrogens (tertiary/aromatic N) is 6. The van der Waals surface area contributed by atoms with Crippen molar-refractivity contribution in [2.45, 2.75) is 33.0 Å². The quantitative estimate of drug-likeness (QED) is 0.586. The first-order chi connectivity index (χ1) is 14.8. The molecule has 0 radical (unpaired) electrons. The number of nitriles is 1. The van der Waals surface area contributed by atoms with Crippen LogP contribution in [-0.2, 0) is 20.1 Å². The van der Waals surface area contributed by atoms with Crippen molar-refractivity contribution in [1.82, 2.24) is 18.7 Å². The minimum atomic E-state index is -0.502. The van der Waals surface area contributed by atoms with E-state index < -0.39 is 11.2 Å². The molecule has 0 bridgehead atoms. The summed E-state index contributed by atoms with van der Waals surface area (Å²) in [4.78, 5) is 32.9. The Balaban J connectivity index is 2.29. The van der Waals surface area contributed by atoms with Crippen LogP contribution in [0.2, 0.25) is 0 Å². The van der Waals surface area contributed by atoms with Crippen molar-refractivity contribution in [3.63, 3.8) is 0 Å². The summed E-state index contributed by atoms with van der Waals surface area (Å²) in [7, 11) is 3.41. The van der Waals surface area contributed by atoms with Gasteiger partial charge in [-0.3, -0.25) is 18.5 Å². The predicted molar refractivity (Wildman–Crippen MR) is 120 cm³/mol. The van der Waals surface area contributed by atoms with Gasteiger partial charge in [-0.15, -0.1) is 5.92 Å². The molecule has 0 amide bonds. The van der Waals surface area contributed by atoms with E-state index in [1.54, 1.807) is 42.8 Å². The lowest BCUT2D eigenvalue weighted by molar-refractivity contribution is 0.653. The van der Waals surface area contributed by atoms with E-state index >= 15 is 0 Å². The number of imidazole rings is 1. The van der Waals surface area contributed by atoms with E-state index in [4.69, 9.17) is 5.73 Å². The van der Waals surface area contributed by atoms with Crippen LogP contribution in [0.15, 0.2) is 33.9 Å². The zero-order chi connectivity index (χ0) is 22.7. The van der Waals surface area contributed by atoms with Crippen molar-refractivity contribution < 1.29 is 0 Å². The van der Waals surface area contributed by atoms with Crippen molar-refractivity contribution >= 4 is 17.1 Å². The minimum absolute atomic E-state index is 0.0131. The number of nitrogens with two attached hydrogens (primary N) is 1. The second kappa shape index (κ2) is 8.90. The Kier molecular flexibility index (Phi) is 6.28. The Morgan fingerprint density at radius 1 is 1.26 bits per heavy atom. The van der Waals surface area contributed by atoms with Gasteiger partial charge in [-0.25, -0.2) is 4.79 Å². The molecule has 31 heavy (non-hydrogen) atoms. The molecule has 2 N–H and O–H groups in total. The second-order valence-electron chi connectivity index (χ2n) is 7.46. The van der Waals surface area contributed by atoms with Gasteiger partial charge >= 0.3 is 5.69 Å². The van der Waals surface area contributed by atoms with E-state index in [1.807, 2.05) is 18.9 Å². The van der Waals surface area contributed by atoms with Crippen LogP contribution in [0, 0.1) is 23.2 Å². The van der Waals surface area contributed by atoms with Gasteiger partial charge < -0.3 is 10.6 Å². The molecule has 0 aliphatic rings. The first kappa shape index (κ1) is 21.9. The lowest BCUT2D eigenvalue weighted by atomic mass is 10.1. The van der Waals surface area contributed by atoms with Crippen molar-refractivity contribution in [2.75, 3.05) is 18.5 Å². The van der Waals surface area contributed by atoms with Gasteiger partial charge in [0.15, 0.2) is 11.2 Å². The average Bonchev–Trinajstić information content (AvgIpc) is 3.13. The third kappa shape index (κ3) is 4.09. The number of likely N-dealkylation sites (N-methyl/N-ethyl adjacent to an activating group) is 1. The highest BCUT2D eigenvalue weighted by Gasteiger charge is 2.22. The van der Waals surface area contributed by atoms with Gasteiger partial charge in [0, 0.05) is 26.7 Å². The third-order valence-corrected chi connectivity index (χ3v) is 5.00. The van der Waals surface area contributed by atoms with Crippen LogP contribution in [0.5, 0.6) is 0 Å². The number of fused-ring (bicyclic) bond motifs is 1. The van der Waals surface area contributed by atoms with Gasteiger partial charge in [-0.05, 0) is 25.5 Å². The molecule has 9 nitrogen and oxygen atoms in total. The highest BCUT2D eigenvalue weighted by molar-refractivity contribution is 5.74. The second-order valence-corrected chi connectivity index (χ2v) is 7.46. The third-order valence-electron chi connectivity index (χ3n) is 5.00. The topological polar surface area (TPSA) is 115 Å². The largest absolute Gasteiger partial charge is 0.344 e. The summed E-state index contributed by atoms with van der Waals surface area (Å²) in [6, 6.07) is 8.89. The molecule has 3 aromatic rings. The monoisotopic (exact) mass is 419 g/mol. The molecule has 0 spiro atoms. The van der Waals surface area contributed by atoms with Gasteiger partial charge in [0.2, 0.25) is 5.95 Å². The van der Waals surface area contributed by atoms with Crippen LogP contribution < -0.4 is 21.9 Å². The van der Waals surface area contributed by atoms with Crippen LogP contribution in [0.4, 0.5) is 5.95 Å². The molecule has 3 rings (SSSR count). The number of anilines is 1. The fraction of sp³-hybridized carbons (Fsp3) is 0.364. The van der Waals surface area contributed by atoms with E-state index in [0.29, 0.717) is 23.6 Å². The average molecular weight is 419 g/mol. The number of aromatic nitrogens is 4. The lowest BCUT2D eigenvalue weighted by Gasteiger charge is -2.20. The minimum Gasteiger partial charge on any atom is -0.344 e. The first-order valence-corrected chi connectivity index (χ1v) is 9.84. The summed E-state index contributed by atoms with van der Waals surface area (Å²) in [6.07, 6.45) is 0. The fourth-order valence-electron chi connectivity index (χ4n) is 3.55. The molecule has 1 atom stereocenters. The molecule has 160 valence electrons. The van der Waals surface area contributed by atoms with Crippen molar-refractivity contribution in [3.05, 3.63) is 56.2 Å². The van der Waals surface area contributed by atoms with Crippen LogP contribution in [0.3, 0.4) is 0 Å². The van der Waals surface area contributed by atoms with Crippen LogP contribution >= 0.6 is 0 Å². The molecule has 2 aromatic heterocycles. The Morgan fingerprint density at radius 3 is 2.61 bits per heavy atom. The number of hydrogen-bond donors (Lipinski definition) is 1. The van der Waals surface area contributed by atoms with Crippen molar-refractivity contribution in [1.29, 1.82) is 5.26 Å². The van der Waals surface area contributed by atoms with Crippen LogP contribution in [0.1, 0.15) is 25.0 Å². The predicted octanol–water partition coefficient (Wildman–Crippen LogP) is 0.623. The Morgan fingerprint density at radius 2 is 1.97 bits per heavy atom. The molecule has 1 unspecified atom stereocenters. The maximum atomic E-state index is 13.5. The molecule has 0 aliphatic heterocycles. The Labute approximate surface area is 179 Å². The van der Waals surface area contributed by atoms with E-state index in [0.717, 1.165) is 4.57 Å². The van der Waals surface area contributed by atoms with Gasteiger partial charge in [0.25, 0.3) is 5.56 Å². The van der Waals surface area contributed by atoms with E-state index in [-0.39, 0.29) is 30.3 Å². The van der Waals surface area contributed by atoms with Crippen molar-refractivity contribution in [3.8, 4) is 17.9 Å². The molecular weight excluding hydrogens is 394 g/mol. The number of hydrogen-bond acceptors (Lipinski definition) is 6. The smallest absolute Gasteiger partial charge is 0.332 e. The molecule has 0 saturated carbocycles. The van der Waals surface area contributed by atoms with E-state index in [2.05, 4.69) is 22.9 Å². The zero-order valence-electron chi connectivity index (χ0n) is 18.1. The zero-order valence-corrected chi connectivity index (χ0v) is 18.1. The molecular formula is C22H25N7O2. The van der Waals surface area contributed by atoms with Crippen molar-refractivity contribution in [2.24, 2.45) is 12.8 Å². The van der Waals surface area contributed by atoms with Gasteiger partial charge in [-0.1, -0.05) is 24.1 Å². The highest BCUT2D eigenvalue weighted by Crippen LogP contribution is 2.19. The Hall–Kier alpha value is -3.82. The summed E-state index contributed by atoms with van der Waals surface area (Å²) < 4.78 is 4.19. The van der Waals surface area contributed by atoms with E-state index in [1.165, 1.54) is 4.57 Å². The first-order valence-electron chi connectivity index (χ1n) is 9.84. The fourth-order valence-corrected chi connectivity index (χ4v) is 3.55. The number of aryl methyl sites for hydroxylation is 1. The number of rotatable bonds is 6. The Bertz CT molecular complexity index is 1340. The summed E-state index contributed by atoms with van der Waals surface area (Å²) in [6.45, 7) is 4.34. The van der Waals surface area contributed by atoms with Crippen LogP contribution in [-0.4, -0.2) is 38.3 Å². The highest BCUT2D eigenvalue weighted by atomic mass is 16.2. The summed E-state index contributed by atoms with van der Waals surface area (Å²) >= 11 is 0. The standard InChI is InChI=1S/C22H25N7O2/c1-5-6-11-28-18-19(25-21(28)26(3)13-15(2)24)27(4)22(31)29(20(18)30)14-17-10-8-7-9-16(17)12-23/h7-10,15H,11,13-14,24H2,1-4H3. The lowest BCUT2D eigenvalue weighted by Crippen LogP contribution is -2.40. The number of benzene rings is 1.